The van der Waals surface area contributed by atoms with Crippen LogP contribution in [0.25, 0.3) is 0 Å². The zero-order chi connectivity index (χ0) is 18.8. The summed E-state index contributed by atoms with van der Waals surface area (Å²) in [5.74, 6) is 0.00652. The van der Waals surface area contributed by atoms with Gasteiger partial charge in [-0.05, 0) is 68.0 Å². The molecule has 1 saturated heterocycles. The Balaban J connectivity index is 1.59. The Hall–Kier alpha value is -2.89. The average Bonchev–Trinajstić information content (AvgIpc) is 2.73. The number of carbonyl (C=O) groups excluding carboxylic acids is 1. The van der Waals surface area contributed by atoms with E-state index < -0.39 is 5.97 Å². The van der Waals surface area contributed by atoms with E-state index in [1.165, 1.54) is 6.42 Å². The van der Waals surface area contributed by atoms with Crippen LogP contribution in [0.1, 0.15) is 52.0 Å². The Morgan fingerprint density at radius 3 is 2.37 bits per heavy atom. The van der Waals surface area contributed by atoms with E-state index in [9.17, 15) is 9.59 Å². The van der Waals surface area contributed by atoms with Crippen LogP contribution in [0.3, 0.4) is 0 Å². The Kier molecular flexibility index (Phi) is 4.79. The van der Waals surface area contributed by atoms with Gasteiger partial charge in [0.1, 0.15) is 5.82 Å². The monoisotopic (exact) mass is 365 g/mol. The first-order chi connectivity index (χ1) is 13.1. The van der Waals surface area contributed by atoms with Crippen LogP contribution in [0, 0.1) is 0 Å². The number of carbonyl (C=O) groups is 2. The molecule has 3 heterocycles. The van der Waals surface area contributed by atoms with Crippen molar-refractivity contribution in [1.29, 1.82) is 0 Å². The van der Waals surface area contributed by atoms with Gasteiger partial charge in [-0.2, -0.15) is 0 Å². The molecular formula is C21H23N3O3. The van der Waals surface area contributed by atoms with E-state index in [4.69, 9.17) is 5.11 Å². The molecule has 0 bridgehead atoms. The molecule has 2 aliphatic heterocycles. The van der Waals surface area contributed by atoms with Gasteiger partial charge in [-0.3, -0.25) is 4.79 Å². The van der Waals surface area contributed by atoms with Crippen molar-refractivity contribution in [1.82, 2.24) is 9.88 Å². The van der Waals surface area contributed by atoms with Crippen LogP contribution in [0.15, 0.2) is 36.5 Å². The zero-order valence-corrected chi connectivity index (χ0v) is 15.2. The summed E-state index contributed by atoms with van der Waals surface area (Å²) >= 11 is 0. The highest BCUT2D eigenvalue weighted by molar-refractivity contribution is 5.94. The fourth-order valence-corrected chi connectivity index (χ4v) is 3.90. The number of pyridine rings is 1. The van der Waals surface area contributed by atoms with E-state index >= 15 is 0 Å². The second-order valence-electron chi connectivity index (χ2n) is 7.17. The molecule has 27 heavy (non-hydrogen) atoms. The SMILES string of the molecule is O=C(O)c1ccc(N2CCCc3cc(C(=O)N4CCCCC4)cnc32)cc1. The lowest BCUT2D eigenvalue weighted by Crippen LogP contribution is -2.36. The fourth-order valence-electron chi connectivity index (χ4n) is 3.90. The summed E-state index contributed by atoms with van der Waals surface area (Å²) in [5.41, 5.74) is 2.93. The number of aromatic carboxylic acids is 1. The van der Waals surface area contributed by atoms with E-state index in [0.717, 1.165) is 62.4 Å². The molecule has 0 aliphatic carbocycles. The number of amides is 1. The van der Waals surface area contributed by atoms with Crippen LogP contribution >= 0.6 is 0 Å². The van der Waals surface area contributed by atoms with Crippen LogP contribution in [0.4, 0.5) is 11.5 Å². The normalized spacial score (nSPS) is 16.7. The van der Waals surface area contributed by atoms with Gasteiger partial charge in [0, 0.05) is 31.5 Å². The highest BCUT2D eigenvalue weighted by Gasteiger charge is 2.24. The minimum absolute atomic E-state index is 0.0768. The number of hydrogen-bond acceptors (Lipinski definition) is 4. The molecule has 140 valence electrons. The first-order valence-electron chi connectivity index (χ1n) is 9.52. The maximum atomic E-state index is 12.8. The molecule has 6 nitrogen and oxygen atoms in total. The number of hydrogen-bond donors (Lipinski definition) is 1. The van der Waals surface area contributed by atoms with Gasteiger partial charge in [0.15, 0.2) is 0 Å². The molecule has 1 aromatic heterocycles. The third kappa shape index (κ3) is 3.52. The zero-order valence-electron chi connectivity index (χ0n) is 15.2. The predicted molar refractivity (Wildman–Crippen MR) is 103 cm³/mol. The summed E-state index contributed by atoms with van der Waals surface area (Å²) in [7, 11) is 0. The third-order valence-electron chi connectivity index (χ3n) is 5.34. The van der Waals surface area contributed by atoms with Crippen molar-refractivity contribution in [3.8, 4) is 0 Å². The molecule has 2 aliphatic rings. The lowest BCUT2D eigenvalue weighted by molar-refractivity contribution is 0.0694. The lowest BCUT2D eigenvalue weighted by Gasteiger charge is -2.31. The van der Waals surface area contributed by atoms with Crippen LogP contribution in [-0.2, 0) is 6.42 Å². The van der Waals surface area contributed by atoms with Crippen molar-refractivity contribution in [2.75, 3.05) is 24.5 Å². The first-order valence-corrected chi connectivity index (χ1v) is 9.52. The molecule has 0 atom stereocenters. The van der Waals surface area contributed by atoms with Gasteiger partial charge in [-0.15, -0.1) is 0 Å². The van der Waals surface area contributed by atoms with Crippen molar-refractivity contribution < 1.29 is 14.7 Å². The number of fused-ring (bicyclic) bond motifs is 1. The molecule has 1 fully saturated rings. The van der Waals surface area contributed by atoms with Gasteiger partial charge in [0.25, 0.3) is 5.91 Å². The molecule has 0 unspecified atom stereocenters. The van der Waals surface area contributed by atoms with Crippen molar-refractivity contribution in [2.24, 2.45) is 0 Å². The summed E-state index contributed by atoms with van der Waals surface area (Å²) < 4.78 is 0. The van der Waals surface area contributed by atoms with Gasteiger partial charge in [0.2, 0.25) is 0 Å². The third-order valence-corrected chi connectivity index (χ3v) is 5.34. The minimum Gasteiger partial charge on any atom is -0.478 e. The number of benzene rings is 1. The van der Waals surface area contributed by atoms with Gasteiger partial charge < -0.3 is 14.9 Å². The average molecular weight is 365 g/mol. The maximum Gasteiger partial charge on any atom is 0.335 e. The highest BCUT2D eigenvalue weighted by Crippen LogP contribution is 2.32. The van der Waals surface area contributed by atoms with E-state index in [0.29, 0.717) is 5.56 Å². The fraction of sp³-hybridized carbons (Fsp3) is 0.381. The predicted octanol–water partition coefficient (Wildman–Crippen LogP) is 3.49. The minimum atomic E-state index is -0.931. The number of anilines is 2. The standard InChI is InChI=1S/C21H23N3O3/c25-20(23-10-2-1-3-11-23)17-13-16-5-4-12-24(19(16)22-14-17)18-8-6-15(7-9-18)21(26)27/h6-9,13-14H,1-5,10-12H2,(H,26,27). The molecule has 0 spiro atoms. The van der Waals surface area contributed by atoms with Gasteiger partial charge >= 0.3 is 5.97 Å². The Bertz CT molecular complexity index is 857. The van der Waals surface area contributed by atoms with Crippen LogP contribution < -0.4 is 4.90 Å². The lowest BCUT2D eigenvalue weighted by atomic mass is 10.0. The van der Waals surface area contributed by atoms with E-state index in [1.54, 1.807) is 18.3 Å². The summed E-state index contributed by atoms with van der Waals surface area (Å²) in [5, 5.41) is 9.07. The topological polar surface area (TPSA) is 73.7 Å². The summed E-state index contributed by atoms with van der Waals surface area (Å²) in [6.45, 7) is 2.49. The molecule has 1 aromatic carbocycles. The molecule has 0 saturated carbocycles. The first kappa shape index (κ1) is 17.5. The summed E-state index contributed by atoms with van der Waals surface area (Å²) in [6, 6.07) is 8.83. The molecule has 4 rings (SSSR count). The Morgan fingerprint density at radius 2 is 1.67 bits per heavy atom. The number of aryl methyl sites for hydroxylation is 1. The van der Waals surface area contributed by atoms with Crippen molar-refractivity contribution in [3.63, 3.8) is 0 Å². The number of piperidine rings is 1. The molecule has 1 N–H and O–H groups in total. The largest absolute Gasteiger partial charge is 0.478 e. The van der Waals surface area contributed by atoms with Crippen molar-refractivity contribution in [3.05, 3.63) is 53.2 Å². The van der Waals surface area contributed by atoms with Gasteiger partial charge in [0.05, 0.1) is 11.1 Å². The summed E-state index contributed by atoms with van der Waals surface area (Å²) in [6.07, 6.45) is 6.89. The second kappa shape index (κ2) is 7.39. The van der Waals surface area contributed by atoms with Crippen LogP contribution in [-0.4, -0.2) is 46.5 Å². The van der Waals surface area contributed by atoms with Crippen LogP contribution in [0.5, 0.6) is 0 Å². The second-order valence-corrected chi connectivity index (χ2v) is 7.17. The number of rotatable bonds is 3. The highest BCUT2D eigenvalue weighted by atomic mass is 16.4. The number of likely N-dealkylation sites (tertiary alicyclic amines) is 1. The van der Waals surface area contributed by atoms with Gasteiger partial charge in [-0.1, -0.05) is 0 Å². The van der Waals surface area contributed by atoms with Crippen molar-refractivity contribution >= 4 is 23.4 Å². The van der Waals surface area contributed by atoms with E-state index in [-0.39, 0.29) is 11.5 Å². The molecule has 0 radical (unpaired) electrons. The Labute approximate surface area is 158 Å². The Morgan fingerprint density at radius 1 is 0.926 bits per heavy atom. The number of nitrogens with zero attached hydrogens (tertiary/aromatic N) is 3. The smallest absolute Gasteiger partial charge is 0.335 e. The quantitative estimate of drug-likeness (QED) is 0.901. The number of carboxylic acids is 1. The maximum absolute atomic E-state index is 12.8. The summed E-state index contributed by atoms with van der Waals surface area (Å²) in [4.78, 5) is 32.5. The number of aromatic nitrogens is 1. The van der Waals surface area contributed by atoms with Crippen molar-refractivity contribution in [2.45, 2.75) is 32.1 Å². The molecule has 1 amide bonds. The van der Waals surface area contributed by atoms with Gasteiger partial charge in [-0.25, -0.2) is 9.78 Å². The number of carboxylic acid groups (broad SMARTS) is 1. The van der Waals surface area contributed by atoms with E-state index in [1.807, 2.05) is 23.1 Å². The molecular weight excluding hydrogens is 342 g/mol. The van der Waals surface area contributed by atoms with Crippen LogP contribution in [0.2, 0.25) is 0 Å². The molecule has 2 aromatic rings. The molecule has 6 heteroatoms. The van der Waals surface area contributed by atoms with E-state index in [2.05, 4.69) is 9.88 Å².